The first-order chi connectivity index (χ1) is 11.7. The average molecular weight is 338 g/mol. The van der Waals surface area contributed by atoms with Gasteiger partial charge >= 0.3 is 0 Å². The summed E-state index contributed by atoms with van der Waals surface area (Å²) in [6.07, 6.45) is -3.02. The van der Waals surface area contributed by atoms with Crippen LogP contribution in [-0.2, 0) is 4.79 Å². The van der Waals surface area contributed by atoms with Crippen LogP contribution in [0.4, 0.5) is 8.78 Å². The Balaban J connectivity index is 2.40. The van der Waals surface area contributed by atoms with Gasteiger partial charge in [-0.25, -0.2) is 8.78 Å². The lowest BCUT2D eigenvalue weighted by atomic mass is 10.3. The minimum Gasteiger partial charge on any atom is -0.298 e. The van der Waals surface area contributed by atoms with Gasteiger partial charge in [-0.2, -0.15) is 0 Å². The van der Waals surface area contributed by atoms with Crippen LogP contribution in [0.3, 0.4) is 0 Å². The summed E-state index contributed by atoms with van der Waals surface area (Å²) in [4.78, 5) is 12.9. The molecule has 0 spiro atoms. The molecular weight excluding hydrogens is 322 g/mol. The molecule has 0 atom stereocenters. The Kier molecular flexibility index (Phi) is 4.67. The largest absolute Gasteiger partial charge is 0.298 e. The molecule has 0 aliphatic carbocycles. The van der Waals surface area contributed by atoms with Crippen LogP contribution in [0, 0.1) is 0 Å². The number of halogens is 2. The number of hydrogen-bond acceptors (Lipinski definition) is 1. The third kappa shape index (κ3) is 2.69. The summed E-state index contributed by atoms with van der Waals surface area (Å²) in [6, 6.07) is 26.9. The Labute approximate surface area is 140 Å². The molecule has 0 aliphatic heterocycles. The van der Waals surface area contributed by atoms with Crippen LogP contribution >= 0.6 is 0 Å². The van der Waals surface area contributed by atoms with Gasteiger partial charge in [-0.15, -0.1) is 0 Å². The molecule has 120 valence electrons. The minimum atomic E-state index is -3.48. The standard InChI is InChI=1S/C20H16F2OSi/c21-19(22)20(23)24(16-10-4-1-5-11-16,17-12-6-2-7-13-17)18-14-8-3-9-15-18/h1-15,19H. The Bertz CT molecular complexity index is 708. The summed E-state index contributed by atoms with van der Waals surface area (Å²) in [7, 11) is -3.48. The second-order valence-corrected chi connectivity index (χ2v) is 9.24. The topological polar surface area (TPSA) is 17.1 Å². The fourth-order valence-electron chi connectivity index (χ4n) is 3.15. The Morgan fingerprint density at radius 2 is 0.917 bits per heavy atom. The first-order valence-corrected chi connectivity index (χ1v) is 9.66. The van der Waals surface area contributed by atoms with E-state index < -0.39 is 19.9 Å². The molecule has 3 aromatic carbocycles. The monoisotopic (exact) mass is 338 g/mol. The van der Waals surface area contributed by atoms with E-state index >= 15 is 0 Å². The lowest BCUT2D eigenvalue weighted by Gasteiger charge is -2.31. The molecule has 0 fully saturated rings. The van der Waals surface area contributed by atoms with Crippen LogP contribution in [0.5, 0.6) is 0 Å². The molecule has 3 aromatic rings. The number of rotatable bonds is 5. The normalized spacial score (nSPS) is 11.5. The summed E-state index contributed by atoms with van der Waals surface area (Å²) in [6.45, 7) is 0. The van der Waals surface area contributed by atoms with E-state index in [0.717, 1.165) is 0 Å². The second kappa shape index (κ2) is 6.89. The maximum atomic E-state index is 13.7. The highest BCUT2D eigenvalue weighted by molar-refractivity contribution is 7.30. The average Bonchev–Trinajstić information content (AvgIpc) is 2.65. The zero-order chi connectivity index (χ0) is 17.0. The van der Waals surface area contributed by atoms with E-state index in [1.807, 2.05) is 18.2 Å². The van der Waals surface area contributed by atoms with Gasteiger partial charge < -0.3 is 0 Å². The Morgan fingerprint density at radius 1 is 0.625 bits per heavy atom. The van der Waals surface area contributed by atoms with Crippen LogP contribution in [0.2, 0.25) is 0 Å². The zero-order valence-electron chi connectivity index (χ0n) is 12.9. The van der Waals surface area contributed by atoms with Gasteiger partial charge in [0, 0.05) is 0 Å². The van der Waals surface area contributed by atoms with Crippen molar-refractivity contribution in [2.45, 2.75) is 6.43 Å². The quantitative estimate of drug-likeness (QED) is 0.516. The number of carbonyl (C=O) groups excluding carboxylic acids is 1. The molecule has 0 bridgehead atoms. The molecule has 0 N–H and O–H groups in total. The van der Waals surface area contributed by atoms with E-state index in [4.69, 9.17) is 0 Å². The van der Waals surface area contributed by atoms with E-state index in [-0.39, 0.29) is 0 Å². The van der Waals surface area contributed by atoms with E-state index in [9.17, 15) is 13.6 Å². The maximum absolute atomic E-state index is 13.7. The Hall–Kier alpha value is -2.59. The zero-order valence-corrected chi connectivity index (χ0v) is 13.9. The van der Waals surface area contributed by atoms with Crippen LogP contribution < -0.4 is 15.6 Å². The number of hydrogen-bond donors (Lipinski definition) is 0. The van der Waals surface area contributed by atoms with E-state index in [1.165, 1.54) is 0 Å². The van der Waals surface area contributed by atoms with Crippen LogP contribution in [0.15, 0.2) is 91.0 Å². The van der Waals surface area contributed by atoms with Crippen molar-refractivity contribution in [1.29, 1.82) is 0 Å². The molecule has 3 rings (SSSR count). The maximum Gasteiger partial charge on any atom is 0.292 e. The number of benzene rings is 3. The highest BCUT2D eigenvalue weighted by Crippen LogP contribution is 2.13. The highest BCUT2D eigenvalue weighted by atomic mass is 28.3. The van der Waals surface area contributed by atoms with Crippen LogP contribution in [0.1, 0.15) is 0 Å². The molecule has 0 unspecified atom stereocenters. The first-order valence-electron chi connectivity index (χ1n) is 7.66. The molecule has 0 aliphatic rings. The van der Waals surface area contributed by atoms with Crippen molar-refractivity contribution in [1.82, 2.24) is 0 Å². The van der Waals surface area contributed by atoms with Crippen LogP contribution in [0.25, 0.3) is 0 Å². The van der Waals surface area contributed by atoms with Crippen molar-refractivity contribution in [2.24, 2.45) is 0 Å². The van der Waals surface area contributed by atoms with Gasteiger partial charge in [0.2, 0.25) is 8.07 Å². The third-order valence-corrected chi connectivity index (χ3v) is 8.74. The fraction of sp³-hybridized carbons (Fsp3) is 0.0500. The molecule has 0 aromatic heterocycles. The lowest BCUT2D eigenvalue weighted by Crippen LogP contribution is -2.74. The molecule has 4 heteroatoms. The smallest absolute Gasteiger partial charge is 0.292 e. The van der Waals surface area contributed by atoms with Gasteiger partial charge in [-0.1, -0.05) is 91.0 Å². The highest BCUT2D eigenvalue weighted by Gasteiger charge is 2.50. The van der Waals surface area contributed by atoms with E-state index in [0.29, 0.717) is 15.6 Å². The molecule has 0 saturated heterocycles. The minimum absolute atomic E-state index is 0.674. The van der Waals surface area contributed by atoms with Crippen molar-refractivity contribution in [2.75, 3.05) is 0 Å². The summed E-state index contributed by atoms with van der Waals surface area (Å²) in [5.74, 6) is 0. The second-order valence-electron chi connectivity index (χ2n) is 5.51. The molecule has 0 amide bonds. The predicted molar refractivity (Wildman–Crippen MR) is 95.0 cm³/mol. The fourth-order valence-corrected chi connectivity index (χ4v) is 7.41. The first kappa shape index (κ1) is 16.3. The number of alkyl halides is 2. The summed E-state index contributed by atoms with van der Waals surface area (Å²) in [5.41, 5.74) is 0. The SMILES string of the molecule is O=C(C(F)F)[Si](c1ccccc1)(c1ccccc1)c1ccccc1. The Morgan fingerprint density at radius 3 is 1.17 bits per heavy atom. The van der Waals surface area contributed by atoms with Crippen molar-refractivity contribution < 1.29 is 13.6 Å². The van der Waals surface area contributed by atoms with Gasteiger partial charge in [0.15, 0.2) is 5.41 Å². The van der Waals surface area contributed by atoms with Gasteiger partial charge in [-0.05, 0) is 15.6 Å². The number of carbonyl (C=O) groups is 1. The van der Waals surface area contributed by atoms with Crippen LogP contribution in [-0.4, -0.2) is 19.9 Å². The molecule has 0 radical (unpaired) electrons. The van der Waals surface area contributed by atoms with Crippen molar-refractivity contribution >= 4 is 29.0 Å². The van der Waals surface area contributed by atoms with Gasteiger partial charge in [-0.3, -0.25) is 4.79 Å². The summed E-state index contributed by atoms with van der Waals surface area (Å²) >= 11 is 0. The molecule has 24 heavy (non-hydrogen) atoms. The molecule has 1 nitrogen and oxygen atoms in total. The predicted octanol–water partition coefficient (Wildman–Crippen LogP) is 2.53. The van der Waals surface area contributed by atoms with Gasteiger partial charge in [0.1, 0.15) is 0 Å². The summed E-state index contributed by atoms with van der Waals surface area (Å²) in [5, 5.41) is 1.04. The van der Waals surface area contributed by atoms with Gasteiger partial charge in [0.05, 0.1) is 0 Å². The summed E-state index contributed by atoms with van der Waals surface area (Å²) < 4.78 is 27.3. The van der Waals surface area contributed by atoms with Crippen molar-refractivity contribution in [3.63, 3.8) is 0 Å². The molecule has 0 saturated carbocycles. The lowest BCUT2D eigenvalue weighted by molar-refractivity contribution is -0.122. The molecule has 0 heterocycles. The van der Waals surface area contributed by atoms with E-state index in [2.05, 4.69) is 0 Å². The van der Waals surface area contributed by atoms with Crippen molar-refractivity contribution in [3.8, 4) is 0 Å². The molecular formula is C20H16F2OSi. The van der Waals surface area contributed by atoms with E-state index in [1.54, 1.807) is 72.8 Å². The third-order valence-electron chi connectivity index (χ3n) is 4.19. The van der Waals surface area contributed by atoms with Crippen molar-refractivity contribution in [3.05, 3.63) is 91.0 Å². The van der Waals surface area contributed by atoms with Gasteiger partial charge in [0.25, 0.3) is 6.43 Å².